The van der Waals surface area contributed by atoms with Crippen molar-refractivity contribution in [1.82, 2.24) is 19.7 Å². The Balaban J connectivity index is 1.28. The molecule has 2 aliphatic carbocycles. The molecule has 0 atom stereocenters. The summed E-state index contributed by atoms with van der Waals surface area (Å²) in [7, 11) is 0. The molecular weight excluding hydrogens is 354 g/mol. The van der Waals surface area contributed by atoms with Gasteiger partial charge in [-0.2, -0.15) is 5.10 Å². The Hall–Kier alpha value is -2.28. The molecule has 0 spiro atoms. The number of nitrogens with zero attached hydrogens (tertiary/aromatic N) is 4. The van der Waals surface area contributed by atoms with Crippen LogP contribution in [0.1, 0.15) is 66.5 Å². The molecule has 2 aromatic rings. The lowest BCUT2D eigenvalue weighted by atomic mass is 9.91. The fourth-order valence-electron chi connectivity index (χ4n) is 4.82. The lowest BCUT2D eigenvalue weighted by molar-refractivity contribution is 0.107. The third-order valence-electron chi connectivity index (χ3n) is 6.29. The van der Waals surface area contributed by atoms with Crippen LogP contribution in [0.15, 0.2) is 10.9 Å². The Morgan fingerprint density at radius 1 is 1.11 bits per heavy atom. The third-order valence-corrected chi connectivity index (χ3v) is 6.29. The predicted octanol–water partition coefficient (Wildman–Crippen LogP) is 2.50. The summed E-state index contributed by atoms with van der Waals surface area (Å²) in [5.41, 5.74) is 4.51. The molecule has 2 aromatic heterocycles. The van der Waals surface area contributed by atoms with E-state index >= 15 is 0 Å². The van der Waals surface area contributed by atoms with Gasteiger partial charge in [0.25, 0.3) is 5.56 Å². The molecule has 7 nitrogen and oxygen atoms in total. The number of hydrogen-bond acceptors (Lipinski definition) is 6. The fourth-order valence-corrected chi connectivity index (χ4v) is 4.82. The Kier molecular flexibility index (Phi) is 4.62. The second-order valence-electron chi connectivity index (χ2n) is 8.25. The van der Waals surface area contributed by atoms with Crippen molar-refractivity contribution >= 4 is 5.82 Å². The average Bonchev–Trinajstić information content (AvgIpc) is 3.17. The van der Waals surface area contributed by atoms with Crippen molar-refractivity contribution in [2.45, 2.75) is 77.0 Å². The first-order chi connectivity index (χ1) is 13.7. The van der Waals surface area contributed by atoms with Crippen molar-refractivity contribution in [3.63, 3.8) is 0 Å². The van der Waals surface area contributed by atoms with Crippen molar-refractivity contribution in [2.24, 2.45) is 0 Å². The summed E-state index contributed by atoms with van der Waals surface area (Å²) in [5, 5.41) is 8.37. The highest BCUT2D eigenvalue weighted by Crippen LogP contribution is 2.32. The number of hydrogen-bond donors (Lipinski definition) is 1. The number of aromatic nitrogens is 4. The van der Waals surface area contributed by atoms with Gasteiger partial charge < -0.3 is 10.1 Å². The number of rotatable bonds is 3. The maximum Gasteiger partial charge on any atom is 0.267 e. The van der Waals surface area contributed by atoms with Crippen molar-refractivity contribution < 1.29 is 4.74 Å². The summed E-state index contributed by atoms with van der Waals surface area (Å²) in [6.45, 7) is 3.18. The first-order valence-corrected chi connectivity index (χ1v) is 10.5. The topological polar surface area (TPSA) is 81.9 Å². The van der Waals surface area contributed by atoms with Crippen LogP contribution in [-0.2, 0) is 30.6 Å². The van der Waals surface area contributed by atoms with Crippen LogP contribution in [0.25, 0.3) is 0 Å². The van der Waals surface area contributed by atoms with Crippen LogP contribution in [-0.4, -0.2) is 32.4 Å². The fraction of sp³-hybridized carbons (Fsp3) is 0.619. The third kappa shape index (κ3) is 3.32. The molecule has 0 saturated heterocycles. The second kappa shape index (κ2) is 7.28. The van der Waals surface area contributed by atoms with Gasteiger partial charge in [0.1, 0.15) is 11.6 Å². The summed E-state index contributed by atoms with van der Waals surface area (Å²) >= 11 is 0. The molecule has 1 N–H and O–H groups in total. The Labute approximate surface area is 164 Å². The number of anilines is 1. The summed E-state index contributed by atoms with van der Waals surface area (Å²) in [4.78, 5) is 21.8. The highest BCUT2D eigenvalue weighted by Gasteiger charge is 2.27. The van der Waals surface area contributed by atoms with Gasteiger partial charge in [-0.05, 0) is 51.9 Å². The molecule has 1 aliphatic heterocycles. The standard InChI is InChI=1S/C21H27N5O2/c1-13-22-19-4-2-3-17(19)21(23-13)24-15-5-7-16(8-6-15)26-20(27)11-14-12-28-10-9-18(14)25-26/h11,15-16H,2-10,12H2,1H3,(H,22,23,24). The van der Waals surface area contributed by atoms with E-state index in [1.165, 1.54) is 17.7 Å². The lowest BCUT2D eigenvalue weighted by Gasteiger charge is -2.31. The van der Waals surface area contributed by atoms with Crippen molar-refractivity contribution in [2.75, 3.05) is 11.9 Å². The van der Waals surface area contributed by atoms with Gasteiger partial charge in [-0.3, -0.25) is 4.79 Å². The molecule has 0 radical (unpaired) electrons. The smallest absolute Gasteiger partial charge is 0.267 e. The van der Waals surface area contributed by atoms with Crippen LogP contribution >= 0.6 is 0 Å². The van der Waals surface area contributed by atoms with E-state index in [4.69, 9.17) is 4.74 Å². The summed E-state index contributed by atoms with van der Waals surface area (Å²) in [6.07, 6.45) is 8.09. The van der Waals surface area contributed by atoms with E-state index in [1.54, 1.807) is 10.7 Å². The Bertz CT molecular complexity index is 947. The highest BCUT2D eigenvalue weighted by molar-refractivity contribution is 5.49. The first-order valence-electron chi connectivity index (χ1n) is 10.5. The molecule has 0 aromatic carbocycles. The predicted molar refractivity (Wildman–Crippen MR) is 106 cm³/mol. The zero-order valence-corrected chi connectivity index (χ0v) is 16.4. The van der Waals surface area contributed by atoms with E-state index in [0.717, 1.165) is 67.8 Å². The minimum absolute atomic E-state index is 0.00454. The van der Waals surface area contributed by atoms with E-state index in [9.17, 15) is 4.79 Å². The van der Waals surface area contributed by atoms with Gasteiger partial charge >= 0.3 is 0 Å². The SMILES string of the molecule is Cc1nc2c(c(NC3CCC(n4nc5c(cc4=O)COCC5)CC3)n1)CCC2. The van der Waals surface area contributed by atoms with E-state index < -0.39 is 0 Å². The van der Waals surface area contributed by atoms with Crippen LogP contribution in [0.2, 0.25) is 0 Å². The number of fused-ring (bicyclic) bond motifs is 2. The van der Waals surface area contributed by atoms with Crippen LogP contribution in [0, 0.1) is 6.92 Å². The van der Waals surface area contributed by atoms with E-state index in [2.05, 4.69) is 20.4 Å². The molecule has 7 heteroatoms. The monoisotopic (exact) mass is 381 g/mol. The summed E-state index contributed by atoms with van der Waals surface area (Å²) in [6, 6.07) is 2.31. The second-order valence-corrected chi connectivity index (χ2v) is 8.25. The molecule has 0 amide bonds. The molecule has 3 heterocycles. The number of ether oxygens (including phenoxy) is 1. The number of nitrogens with one attached hydrogen (secondary N) is 1. The molecular formula is C21H27N5O2. The molecule has 3 aliphatic rings. The van der Waals surface area contributed by atoms with Gasteiger partial charge in [0.2, 0.25) is 0 Å². The molecule has 0 bridgehead atoms. The summed E-state index contributed by atoms with van der Waals surface area (Å²) in [5.74, 6) is 1.89. The molecule has 1 saturated carbocycles. The van der Waals surface area contributed by atoms with E-state index in [-0.39, 0.29) is 11.6 Å². The molecule has 28 heavy (non-hydrogen) atoms. The molecule has 5 rings (SSSR count). The Morgan fingerprint density at radius 3 is 2.82 bits per heavy atom. The minimum atomic E-state index is 0.00454. The normalized spacial score (nSPS) is 23.9. The van der Waals surface area contributed by atoms with Gasteiger partial charge in [0.05, 0.1) is 24.9 Å². The quantitative estimate of drug-likeness (QED) is 0.880. The zero-order chi connectivity index (χ0) is 19.1. The molecule has 148 valence electrons. The van der Waals surface area contributed by atoms with Gasteiger partial charge in [0, 0.05) is 35.3 Å². The van der Waals surface area contributed by atoms with Gasteiger partial charge in [0.15, 0.2) is 0 Å². The average molecular weight is 381 g/mol. The van der Waals surface area contributed by atoms with Gasteiger partial charge in [-0.15, -0.1) is 0 Å². The van der Waals surface area contributed by atoms with Crippen LogP contribution in [0.3, 0.4) is 0 Å². The maximum atomic E-state index is 12.5. The number of aryl methyl sites for hydroxylation is 2. The summed E-state index contributed by atoms with van der Waals surface area (Å²) < 4.78 is 7.17. The minimum Gasteiger partial charge on any atom is -0.376 e. The van der Waals surface area contributed by atoms with Gasteiger partial charge in [-0.25, -0.2) is 14.6 Å². The Morgan fingerprint density at radius 2 is 1.96 bits per heavy atom. The van der Waals surface area contributed by atoms with Crippen LogP contribution < -0.4 is 10.9 Å². The van der Waals surface area contributed by atoms with E-state index in [0.29, 0.717) is 19.3 Å². The van der Waals surface area contributed by atoms with Crippen molar-refractivity contribution in [1.29, 1.82) is 0 Å². The van der Waals surface area contributed by atoms with Crippen LogP contribution in [0.5, 0.6) is 0 Å². The highest BCUT2D eigenvalue weighted by atomic mass is 16.5. The zero-order valence-electron chi connectivity index (χ0n) is 16.4. The molecule has 1 fully saturated rings. The van der Waals surface area contributed by atoms with Crippen molar-refractivity contribution in [3.05, 3.63) is 44.8 Å². The molecule has 0 unspecified atom stereocenters. The van der Waals surface area contributed by atoms with E-state index in [1.807, 2.05) is 6.92 Å². The largest absolute Gasteiger partial charge is 0.376 e. The van der Waals surface area contributed by atoms with Crippen LogP contribution in [0.4, 0.5) is 5.82 Å². The first kappa shape index (κ1) is 17.8. The van der Waals surface area contributed by atoms with Crippen molar-refractivity contribution in [3.8, 4) is 0 Å². The maximum absolute atomic E-state index is 12.5. The lowest BCUT2D eigenvalue weighted by Crippen LogP contribution is -2.35. The van der Waals surface area contributed by atoms with Gasteiger partial charge in [-0.1, -0.05) is 0 Å².